The summed E-state index contributed by atoms with van der Waals surface area (Å²) >= 11 is 3.42. The third-order valence-corrected chi connectivity index (χ3v) is 15.2. The number of carbonyl (C=O) groups excluding carboxylic acids is 4. The maximum atomic E-state index is 14.4. The molecule has 5 unspecified atom stereocenters. The highest BCUT2D eigenvalue weighted by Crippen LogP contribution is 2.53. The molecular formula is C40H69N7O14S2. The second-order valence-electron chi connectivity index (χ2n) is 17.0. The molecule has 3 fully saturated rings. The van der Waals surface area contributed by atoms with E-state index in [2.05, 4.69) is 31.9 Å². The summed E-state index contributed by atoms with van der Waals surface area (Å²) in [5, 5.41) is 89.4. The summed E-state index contributed by atoms with van der Waals surface area (Å²) in [6, 6.07) is -6.61. The first-order chi connectivity index (χ1) is 29.7. The molecule has 0 bridgehead atoms. The zero-order chi connectivity index (χ0) is 47.0. The number of aliphatic hydroxyl groups excluding tert-OH is 4. The van der Waals surface area contributed by atoms with Gasteiger partial charge in [0.25, 0.3) is 0 Å². The van der Waals surface area contributed by atoms with Crippen LogP contribution in [0.5, 0.6) is 0 Å². The van der Waals surface area contributed by atoms with Crippen LogP contribution in [-0.2, 0) is 33.6 Å². The summed E-state index contributed by atoms with van der Waals surface area (Å²) in [6.45, 7) is 6.05. The van der Waals surface area contributed by atoms with Gasteiger partial charge in [-0.2, -0.15) is 0 Å². The highest BCUT2D eigenvalue weighted by molar-refractivity contribution is 8.21. The number of carboxylic acids is 3. The molecular weight excluding hydrogens is 867 g/mol. The first-order valence-corrected chi connectivity index (χ1v) is 23.7. The SMILES string of the molecule is CCCC(N[C@@H](O)[C@@H]1CC2(CN1[C@H](O)C(NC(=O)C(NC(=O)C(CCC(=O)O)NC(=O)C(CCC(=O)O)NC(C)=O)C(C)C)C1CCCCC1)SCCS2)[C@@H](O)[C@H](O)NCC(=O)O. The van der Waals surface area contributed by atoms with E-state index in [9.17, 15) is 59.1 Å². The van der Waals surface area contributed by atoms with E-state index in [4.69, 9.17) is 10.2 Å². The van der Waals surface area contributed by atoms with Crippen LogP contribution >= 0.6 is 23.5 Å². The molecule has 0 aromatic heterocycles. The number of carboxylic acid groups (broad SMARTS) is 3. The Morgan fingerprint density at radius 3 is 1.84 bits per heavy atom. The van der Waals surface area contributed by atoms with Gasteiger partial charge in [-0.25, -0.2) is 0 Å². The molecule has 13 N–H and O–H groups in total. The zero-order valence-corrected chi connectivity index (χ0v) is 38.1. The average Bonchev–Trinajstić information content (AvgIpc) is 3.86. The third-order valence-electron chi connectivity index (χ3n) is 11.7. The molecule has 3 rings (SSSR count). The van der Waals surface area contributed by atoms with E-state index in [1.165, 1.54) is 0 Å². The smallest absolute Gasteiger partial charge is 0.317 e. The molecule has 1 aliphatic carbocycles. The van der Waals surface area contributed by atoms with Crippen molar-refractivity contribution < 1.29 is 69.3 Å². The number of carbonyl (C=O) groups is 7. The van der Waals surface area contributed by atoms with Crippen molar-refractivity contribution in [3.05, 3.63) is 0 Å². The largest absolute Gasteiger partial charge is 0.481 e. The zero-order valence-electron chi connectivity index (χ0n) is 36.5. The quantitative estimate of drug-likeness (QED) is 0.0435. The van der Waals surface area contributed by atoms with Gasteiger partial charge in [0.15, 0.2) is 0 Å². The fourth-order valence-corrected chi connectivity index (χ4v) is 11.8. The normalized spacial score (nSPS) is 22.2. The van der Waals surface area contributed by atoms with Gasteiger partial charge < -0.3 is 57.0 Å². The van der Waals surface area contributed by atoms with Crippen LogP contribution in [0.1, 0.15) is 105 Å². The van der Waals surface area contributed by atoms with E-state index in [1.807, 2.05) is 6.92 Å². The summed E-state index contributed by atoms with van der Waals surface area (Å²) in [6.07, 6.45) is -2.34. The molecule has 0 aromatic rings. The lowest BCUT2D eigenvalue weighted by Crippen LogP contribution is -2.64. The number of aliphatic carboxylic acids is 3. The van der Waals surface area contributed by atoms with Gasteiger partial charge >= 0.3 is 17.9 Å². The molecule has 360 valence electrons. The number of thioether (sulfide) groups is 2. The van der Waals surface area contributed by atoms with Crippen molar-refractivity contribution in [3.63, 3.8) is 0 Å². The predicted molar refractivity (Wildman–Crippen MR) is 233 cm³/mol. The number of aliphatic hydroxyl groups is 4. The number of likely N-dealkylation sites (tertiary alicyclic amines) is 1. The number of nitrogens with one attached hydrogen (secondary N) is 6. The second kappa shape index (κ2) is 26.0. The van der Waals surface area contributed by atoms with Crippen molar-refractivity contribution in [2.24, 2.45) is 11.8 Å². The first kappa shape index (κ1) is 54.0. The number of hydrogen-bond acceptors (Lipinski definition) is 16. The number of nitrogens with zero attached hydrogens (tertiary/aromatic N) is 1. The van der Waals surface area contributed by atoms with E-state index in [1.54, 1.807) is 42.3 Å². The van der Waals surface area contributed by atoms with Crippen molar-refractivity contribution in [1.82, 2.24) is 36.8 Å². The van der Waals surface area contributed by atoms with Gasteiger partial charge in [-0.05, 0) is 50.4 Å². The Hall–Kier alpha value is -3.29. The molecule has 2 saturated heterocycles. The van der Waals surface area contributed by atoms with Crippen molar-refractivity contribution in [2.45, 2.75) is 170 Å². The standard InChI is InChI=1S/C40H69N7O14S2/c1-5-9-24(33(55)38(60)41-19-30(53)54)43-36(58)27-18-40(62-16-17-63-40)20-47(27)39(61)32(23-10-7-6-8-11-23)46-37(59)31(21(2)3)45-35(57)26(13-15-29(51)52)44-34(56)25(42-22(4)48)12-14-28(49)50/h21,23-27,31-33,36,38-39,41,43,55,58,60-61H,5-20H2,1-4H3,(H,42,48)(H,44,56)(H,45,57)(H,46,59)(H,49,50)(H,51,52)(H,53,54)/t24?,25?,26?,27-,31?,32?,33+,36-,38-,39+/m0/s1. The maximum absolute atomic E-state index is 14.4. The molecule has 0 radical (unpaired) electrons. The number of rotatable bonds is 27. The monoisotopic (exact) mass is 935 g/mol. The Morgan fingerprint density at radius 1 is 0.746 bits per heavy atom. The van der Waals surface area contributed by atoms with E-state index in [0.29, 0.717) is 38.6 Å². The van der Waals surface area contributed by atoms with Gasteiger partial charge in [0, 0.05) is 43.9 Å². The summed E-state index contributed by atoms with van der Waals surface area (Å²) in [5.74, 6) is -5.93. The van der Waals surface area contributed by atoms with Crippen LogP contribution in [0.4, 0.5) is 0 Å². The van der Waals surface area contributed by atoms with Gasteiger partial charge in [-0.15, -0.1) is 23.5 Å². The van der Waals surface area contributed by atoms with Crippen LogP contribution in [0, 0.1) is 11.8 Å². The van der Waals surface area contributed by atoms with Gasteiger partial charge in [-0.1, -0.05) is 46.5 Å². The second-order valence-corrected chi connectivity index (χ2v) is 20.2. The summed E-state index contributed by atoms with van der Waals surface area (Å²) < 4.78 is -0.409. The van der Waals surface area contributed by atoms with Crippen LogP contribution in [0.15, 0.2) is 0 Å². The molecule has 2 heterocycles. The third kappa shape index (κ3) is 16.9. The fraction of sp³-hybridized carbons (Fsp3) is 0.825. The average molecular weight is 936 g/mol. The van der Waals surface area contributed by atoms with Gasteiger partial charge in [0.2, 0.25) is 23.6 Å². The molecule has 1 saturated carbocycles. The fourth-order valence-electron chi connectivity index (χ4n) is 8.48. The summed E-state index contributed by atoms with van der Waals surface area (Å²) in [5.41, 5.74) is 0. The Balaban J connectivity index is 1.90. The van der Waals surface area contributed by atoms with Crippen molar-refractivity contribution >= 4 is 65.1 Å². The van der Waals surface area contributed by atoms with E-state index >= 15 is 0 Å². The Labute approximate surface area is 376 Å². The molecule has 0 aromatic carbocycles. The van der Waals surface area contributed by atoms with Crippen LogP contribution < -0.4 is 31.9 Å². The lowest BCUT2D eigenvalue weighted by atomic mass is 9.82. The minimum Gasteiger partial charge on any atom is -0.481 e. The molecule has 1 spiro atoms. The van der Waals surface area contributed by atoms with Gasteiger partial charge in [0.05, 0.1) is 22.7 Å². The molecule has 3 aliphatic rings. The summed E-state index contributed by atoms with van der Waals surface area (Å²) in [7, 11) is 0. The van der Waals surface area contributed by atoms with E-state index < -0.39 is 138 Å². The molecule has 63 heavy (non-hydrogen) atoms. The van der Waals surface area contributed by atoms with Crippen molar-refractivity contribution in [1.29, 1.82) is 0 Å². The molecule has 21 nitrogen and oxygen atoms in total. The lowest BCUT2D eigenvalue weighted by Gasteiger charge is -2.42. The molecule has 23 heteroatoms. The van der Waals surface area contributed by atoms with Crippen LogP contribution in [0.3, 0.4) is 0 Å². The van der Waals surface area contributed by atoms with Crippen LogP contribution in [0.2, 0.25) is 0 Å². The minimum atomic E-state index is -1.62. The predicted octanol–water partition coefficient (Wildman–Crippen LogP) is -1.09. The van der Waals surface area contributed by atoms with Crippen LogP contribution in [-0.4, -0.2) is 172 Å². The van der Waals surface area contributed by atoms with Crippen LogP contribution in [0.25, 0.3) is 0 Å². The van der Waals surface area contributed by atoms with E-state index in [-0.39, 0.29) is 12.3 Å². The lowest BCUT2D eigenvalue weighted by molar-refractivity contribution is -0.140. The topological polar surface area (TPSA) is 337 Å². The number of amides is 4. The van der Waals surface area contributed by atoms with Crippen molar-refractivity contribution in [3.8, 4) is 0 Å². The Bertz CT molecular complexity index is 1550. The van der Waals surface area contributed by atoms with E-state index in [0.717, 1.165) is 37.7 Å². The Morgan fingerprint density at radius 2 is 1.32 bits per heavy atom. The highest BCUT2D eigenvalue weighted by atomic mass is 32.2. The first-order valence-electron chi connectivity index (χ1n) is 21.8. The molecule has 4 amide bonds. The highest BCUT2D eigenvalue weighted by Gasteiger charge is 2.53. The molecule has 10 atom stereocenters. The maximum Gasteiger partial charge on any atom is 0.317 e. The van der Waals surface area contributed by atoms with Gasteiger partial charge in [-0.3, -0.25) is 49.1 Å². The Kier molecular flexibility index (Phi) is 22.3. The van der Waals surface area contributed by atoms with Crippen molar-refractivity contribution in [2.75, 3.05) is 24.6 Å². The van der Waals surface area contributed by atoms with Gasteiger partial charge in [0.1, 0.15) is 42.9 Å². The minimum absolute atomic E-state index is 0.211. The number of hydrogen-bond donors (Lipinski definition) is 13. The molecule has 2 aliphatic heterocycles. The summed E-state index contributed by atoms with van der Waals surface area (Å²) in [4.78, 5) is 89.0.